The van der Waals surface area contributed by atoms with Gasteiger partial charge >= 0.3 is 0 Å². The van der Waals surface area contributed by atoms with Gasteiger partial charge in [0.05, 0.1) is 10.7 Å². The van der Waals surface area contributed by atoms with Crippen LogP contribution < -0.4 is 0 Å². The lowest BCUT2D eigenvalue weighted by molar-refractivity contribution is 0.561. The van der Waals surface area contributed by atoms with Gasteiger partial charge in [-0.15, -0.1) is 0 Å². The molecule has 0 heterocycles. The standard InChI is InChI=1S/C12H15BrClNOS/c1-8(15-17(16)12(2,3)4)9-5-6-10(13)11(14)7-9/h5-7H,1-4H3/b15-8+. The molecule has 1 unspecified atom stereocenters. The molecule has 0 aliphatic carbocycles. The Balaban J connectivity index is 3.00. The van der Waals surface area contributed by atoms with E-state index in [2.05, 4.69) is 20.3 Å². The topological polar surface area (TPSA) is 35.4 Å². The summed E-state index contributed by atoms with van der Waals surface area (Å²) in [6.45, 7) is 7.53. The van der Waals surface area contributed by atoms with Crippen molar-refractivity contribution in [2.24, 2.45) is 4.40 Å². The average molecular weight is 337 g/mol. The largest absolute Gasteiger partial charge is 0.591 e. The molecule has 1 atom stereocenters. The van der Waals surface area contributed by atoms with Crippen LogP contribution >= 0.6 is 27.5 Å². The average Bonchev–Trinajstić information content (AvgIpc) is 2.20. The molecule has 0 aromatic heterocycles. The van der Waals surface area contributed by atoms with Crippen LogP contribution in [0.25, 0.3) is 0 Å². The van der Waals surface area contributed by atoms with Crippen molar-refractivity contribution in [3.8, 4) is 0 Å². The van der Waals surface area contributed by atoms with E-state index < -0.39 is 11.4 Å². The van der Waals surface area contributed by atoms with Gasteiger partial charge in [0.1, 0.15) is 16.1 Å². The van der Waals surface area contributed by atoms with E-state index in [9.17, 15) is 4.55 Å². The highest BCUT2D eigenvalue weighted by Crippen LogP contribution is 2.24. The molecule has 1 aromatic rings. The number of benzene rings is 1. The van der Waals surface area contributed by atoms with Crippen molar-refractivity contribution in [2.75, 3.05) is 0 Å². The van der Waals surface area contributed by atoms with Gasteiger partial charge in [0.25, 0.3) is 0 Å². The van der Waals surface area contributed by atoms with E-state index >= 15 is 0 Å². The molecule has 2 nitrogen and oxygen atoms in total. The lowest BCUT2D eigenvalue weighted by Crippen LogP contribution is -2.26. The molecule has 0 saturated carbocycles. The summed E-state index contributed by atoms with van der Waals surface area (Å²) in [6, 6.07) is 5.57. The Morgan fingerprint density at radius 3 is 2.47 bits per heavy atom. The first kappa shape index (κ1) is 15.0. The zero-order valence-electron chi connectivity index (χ0n) is 10.3. The van der Waals surface area contributed by atoms with Gasteiger partial charge in [-0.25, -0.2) is 0 Å². The second-order valence-corrected chi connectivity index (χ2v) is 7.83. The van der Waals surface area contributed by atoms with E-state index in [-0.39, 0.29) is 4.75 Å². The fourth-order valence-corrected chi connectivity index (χ4v) is 2.09. The monoisotopic (exact) mass is 335 g/mol. The van der Waals surface area contributed by atoms with Gasteiger partial charge < -0.3 is 4.55 Å². The summed E-state index contributed by atoms with van der Waals surface area (Å²) in [5.74, 6) is 0. The van der Waals surface area contributed by atoms with Crippen LogP contribution in [0.15, 0.2) is 27.1 Å². The first-order valence-corrected chi connectivity index (χ1v) is 7.42. The van der Waals surface area contributed by atoms with Crippen LogP contribution in [0.3, 0.4) is 0 Å². The summed E-state index contributed by atoms with van der Waals surface area (Å²) in [4.78, 5) is 0. The third-order valence-electron chi connectivity index (χ3n) is 2.08. The van der Waals surface area contributed by atoms with E-state index in [1.807, 2.05) is 45.9 Å². The second kappa shape index (κ2) is 5.74. The van der Waals surface area contributed by atoms with E-state index in [0.29, 0.717) is 5.02 Å². The fourth-order valence-electron chi connectivity index (χ4n) is 1.04. The van der Waals surface area contributed by atoms with Gasteiger partial charge in [-0.1, -0.05) is 22.1 Å². The van der Waals surface area contributed by atoms with Gasteiger partial charge in [0.2, 0.25) is 0 Å². The first-order chi connectivity index (χ1) is 7.71. The van der Waals surface area contributed by atoms with Gasteiger partial charge in [-0.3, -0.25) is 0 Å². The molecular weight excluding hydrogens is 322 g/mol. The van der Waals surface area contributed by atoms with Crippen molar-refractivity contribution in [3.05, 3.63) is 33.3 Å². The molecular formula is C12H15BrClNOS. The predicted molar refractivity (Wildman–Crippen MR) is 79.3 cm³/mol. The molecule has 1 aromatic carbocycles. The molecule has 5 heteroatoms. The van der Waals surface area contributed by atoms with Crippen LogP contribution in [-0.2, 0) is 11.4 Å². The maximum Gasteiger partial charge on any atom is 0.144 e. The molecule has 1 rings (SSSR count). The molecule has 0 amide bonds. The molecule has 0 N–H and O–H groups in total. The Kier molecular flexibility index (Phi) is 5.07. The maximum atomic E-state index is 11.9. The van der Waals surface area contributed by atoms with Crippen LogP contribution in [0, 0.1) is 0 Å². The van der Waals surface area contributed by atoms with Crippen LogP contribution in [0.2, 0.25) is 5.02 Å². The van der Waals surface area contributed by atoms with E-state index in [1.165, 1.54) is 0 Å². The van der Waals surface area contributed by atoms with E-state index in [0.717, 1.165) is 15.7 Å². The highest BCUT2D eigenvalue weighted by atomic mass is 79.9. The minimum Gasteiger partial charge on any atom is -0.591 e. The minimum atomic E-state index is -1.25. The van der Waals surface area contributed by atoms with E-state index in [1.54, 1.807) is 0 Å². The van der Waals surface area contributed by atoms with Crippen molar-refractivity contribution in [3.63, 3.8) is 0 Å². The van der Waals surface area contributed by atoms with Crippen LogP contribution in [0.4, 0.5) is 0 Å². The lowest BCUT2D eigenvalue weighted by Gasteiger charge is -2.18. The highest BCUT2D eigenvalue weighted by Gasteiger charge is 2.26. The molecule has 17 heavy (non-hydrogen) atoms. The summed E-state index contributed by atoms with van der Waals surface area (Å²) in [5.41, 5.74) is 1.61. The summed E-state index contributed by atoms with van der Waals surface area (Å²) >= 11 is 8.09. The SMILES string of the molecule is C/C(=N\[S+]([O-])C(C)(C)C)c1ccc(Br)c(Cl)c1. The third kappa shape index (κ3) is 4.28. The van der Waals surface area contributed by atoms with E-state index in [4.69, 9.17) is 11.6 Å². The molecule has 0 radical (unpaired) electrons. The number of halogens is 2. The van der Waals surface area contributed by atoms with Crippen molar-refractivity contribution in [2.45, 2.75) is 32.4 Å². The number of hydrogen-bond donors (Lipinski definition) is 0. The lowest BCUT2D eigenvalue weighted by atomic mass is 10.1. The quantitative estimate of drug-likeness (QED) is 0.583. The number of hydrogen-bond acceptors (Lipinski definition) is 2. The van der Waals surface area contributed by atoms with Gasteiger partial charge in [-0.2, -0.15) is 0 Å². The minimum absolute atomic E-state index is 0.347. The number of nitrogens with zero attached hydrogens (tertiary/aromatic N) is 1. The molecule has 0 spiro atoms. The molecule has 0 aliphatic rings. The third-order valence-corrected chi connectivity index (χ3v) is 4.80. The summed E-state index contributed by atoms with van der Waals surface area (Å²) in [6.07, 6.45) is 0. The van der Waals surface area contributed by atoms with Crippen molar-refractivity contribution in [1.29, 1.82) is 0 Å². The molecule has 0 bridgehead atoms. The number of rotatable bonds is 2. The van der Waals surface area contributed by atoms with Crippen molar-refractivity contribution < 1.29 is 4.55 Å². The Morgan fingerprint density at radius 1 is 1.41 bits per heavy atom. The normalized spacial score (nSPS) is 14.9. The summed E-state index contributed by atoms with van der Waals surface area (Å²) < 4.78 is 16.6. The van der Waals surface area contributed by atoms with Gasteiger partial charge in [0, 0.05) is 10.0 Å². The van der Waals surface area contributed by atoms with Crippen LogP contribution in [-0.4, -0.2) is 15.0 Å². The Labute approximate surface area is 119 Å². The smallest absolute Gasteiger partial charge is 0.144 e. The molecule has 0 aliphatic heterocycles. The van der Waals surface area contributed by atoms with Crippen LogP contribution in [0.5, 0.6) is 0 Å². The van der Waals surface area contributed by atoms with Crippen LogP contribution in [0.1, 0.15) is 33.3 Å². The molecule has 94 valence electrons. The van der Waals surface area contributed by atoms with Gasteiger partial charge in [-0.05, 0) is 55.8 Å². The zero-order chi connectivity index (χ0) is 13.2. The molecule has 0 saturated heterocycles. The summed E-state index contributed by atoms with van der Waals surface area (Å²) in [5, 5.41) is 0.624. The summed E-state index contributed by atoms with van der Waals surface area (Å²) in [7, 11) is 0. The Hall–Kier alpha value is -0.0300. The second-order valence-electron chi connectivity index (χ2n) is 4.67. The van der Waals surface area contributed by atoms with Crippen molar-refractivity contribution in [1.82, 2.24) is 0 Å². The zero-order valence-corrected chi connectivity index (χ0v) is 13.4. The Bertz CT molecular complexity index is 443. The van der Waals surface area contributed by atoms with Crippen molar-refractivity contribution >= 4 is 44.6 Å². The van der Waals surface area contributed by atoms with Gasteiger partial charge in [0.15, 0.2) is 0 Å². The Morgan fingerprint density at radius 2 is 2.00 bits per heavy atom. The predicted octanol–water partition coefficient (Wildman–Crippen LogP) is 4.37. The highest BCUT2D eigenvalue weighted by molar-refractivity contribution is 9.10. The fraction of sp³-hybridized carbons (Fsp3) is 0.417. The molecule has 0 fully saturated rings. The first-order valence-electron chi connectivity index (χ1n) is 5.14. The maximum absolute atomic E-state index is 11.9.